The van der Waals surface area contributed by atoms with E-state index in [1.165, 1.54) is 42.4 Å². The molecule has 1 aromatic carbocycles. The molecule has 0 fully saturated rings. The van der Waals surface area contributed by atoms with Gasteiger partial charge in [0.25, 0.3) is 0 Å². The molecule has 0 amide bonds. The maximum atomic E-state index is 6.27. The molecule has 0 aliphatic rings. The summed E-state index contributed by atoms with van der Waals surface area (Å²) >= 11 is 0. The van der Waals surface area contributed by atoms with E-state index in [-0.39, 0.29) is 0 Å². The minimum absolute atomic E-state index is 1.06. The van der Waals surface area contributed by atoms with Crippen LogP contribution in [0.15, 0.2) is 12.1 Å². The van der Waals surface area contributed by atoms with Crippen LogP contribution in [0.2, 0.25) is 0 Å². The largest absolute Gasteiger partial charge is 0.398 e. The van der Waals surface area contributed by atoms with Crippen molar-refractivity contribution in [1.82, 2.24) is 0 Å². The smallest absolute Gasteiger partial charge is 0.0381 e. The summed E-state index contributed by atoms with van der Waals surface area (Å²) in [6.45, 7) is 6.62. The van der Waals surface area contributed by atoms with Crippen LogP contribution in [0.25, 0.3) is 0 Å². The van der Waals surface area contributed by atoms with E-state index >= 15 is 0 Å². The average molecular weight is 219 g/mol. The molecule has 0 atom stereocenters. The quantitative estimate of drug-likeness (QED) is 0.711. The second-order valence-corrected chi connectivity index (χ2v) is 4.64. The molecule has 16 heavy (non-hydrogen) atoms. The van der Waals surface area contributed by atoms with Crippen molar-refractivity contribution in [2.75, 3.05) is 5.73 Å². The molecule has 0 saturated heterocycles. The third-order valence-corrected chi connectivity index (χ3v) is 3.26. The summed E-state index contributed by atoms with van der Waals surface area (Å²) in [7, 11) is 0. The highest BCUT2D eigenvalue weighted by Crippen LogP contribution is 2.24. The second kappa shape index (κ2) is 6.57. The summed E-state index contributed by atoms with van der Waals surface area (Å²) < 4.78 is 0. The highest BCUT2D eigenvalue weighted by molar-refractivity contribution is 5.57. The van der Waals surface area contributed by atoms with Crippen molar-refractivity contribution in [3.8, 4) is 0 Å². The maximum Gasteiger partial charge on any atom is 0.0381 e. The van der Waals surface area contributed by atoms with Gasteiger partial charge in [0.2, 0.25) is 0 Å². The Labute approximate surface area is 100 Å². The van der Waals surface area contributed by atoms with Crippen molar-refractivity contribution < 1.29 is 0 Å². The van der Waals surface area contributed by atoms with Crippen molar-refractivity contribution in [2.45, 2.75) is 59.3 Å². The van der Waals surface area contributed by atoms with E-state index in [4.69, 9.17) is 5.73 Å². The summed E-state index contributed by atoms with van der Waals surface area (Å²) in [6, 6.07) is 4.43. The minimum atomic E-state index is 1.06. The molecular formula is C15H25N. The van der Waals surface area contributed by atoms with Crippen molar-refractivity contribution >= 4 is 5.69 Å². The van der Waals surface area contributed by atoms with Crippen LogP contribution < -0.4 is 5.73 Å². The summed E-state index contributed by atoms with van der Waals surface area (Å²) in [5, 5.41) is 0. The Morgan fingerprint density at radius 2 is 1.62 bits per heavy atom. The van der Waals surface area contributed by atoms with E-state index in [1.54, 1.807) is 0 Å². The van der Waals surface area contributed by atoms with Crippen molar-refractivity contribution in [3.63, 3.8) is 0 Å². The van der Waals surface area contributed by atoms with Gasteiger partial charge >= 0.3 is 0 Å². The molecule has 0 aliphatic heterocycles. The summed E-state index contributed by atoms with van der Waals surface area (Å²) in [5.74, 6) is 0. The summed E-state index contributed by atoms with van der Waals surface area (Å²) in [5.41, 5.74) is 11.4. The Morgan fingerprint density at radius 1 is 1.00 bits per heavy atom. The third kappa shape index (κ3) is 3.26. The van der Waals surface area contributed by atoms with Gasteiger partial charge in [0.1, 0.15) is 0 Å². The number of hydrogen-bond donors (Lipinski definition) is 1. The van der Waals surface area contributed by atoms with Crippen LogP contribution in [-0.4, -0.2) is 0 Å². The molecule has 1 aromatic rings. The SMILES string of the molecule is CCCCc1ccc(C)c(CCCC)c1N. The number of benzene rings is 1. The van der Waals surface area contributed by atoms with E-state index in [9.17, 15) is 0 Å². The number of rotatable bonds is 6. The van der Waals surface area contributed by atoms with Gasteiger partial charge in [-0.15, -0.1) is 0 Å². The Balaban J connectivity index is 2.87. The molecule has 1 rings (SSSR count). The molecule has 1 nitrogen and oxygen atoms in total. The first-order valence-corrected chi connectivity index (χ1v) is 6.57. The van der Waals surface area contributed by atoms with Crippen LogP contribution in [0.5, 0.6) is 0 Å². The van der Waals surface area contributed by atoms with Gasteiger partial charge in [-0.3, -0.25) is 0 Å². The zero-order chi connectivity index (χ0) is 12.0. The summed E-state index contributed by atoms with van der Waals surface area (Å²) in [6.07, 6.45) is 7.20. The van der Waals surface area contributed by atoms with E-state index in [0.717, 1.165) is 18.5 Å². The van der Waals surface area contributed by atoms with Crippen LogP contribution >= 0.6 is 0 Å². The molecule has 0 heterocycles. The predicted octanol–water partition coefficient (Wildman–Crippen LogP) is 4.26. The topological polar surface area (TPSA) is 26.0 Å². The van der Waals surface area contributed by atoms with Gasteiger partial charge in [-0.25, -0.2) is 0 Å². The van der Waals surface area contributed by atoms with Gasteiger partial charge in [0, 0.05) is 5.69 Å². The highest BCUT2D eigenvalue weighted by atomic mass is 14.6. The lowest BCUT2D eigenvalue weighted by Crippen LogP contribution is -2.02. The summed E-state index contributed by atoms with van der Waals surface area (Å²) in [4.78, 5) is 0. The van der Waals surface area contributed by atoms with Gasteiger partial charge in [-0.05, 0) is 49.3 Å². The van der Waals surface area contributed by atoms with Crippen LogP contribution in [0.3, 0.4) is 0 Å². The molecule has 0 aliphatic carbocycles. The van der Waals surface area contributed by atoms with Crippen molar-refractivity contribution in [2.24, 2.45) is 0 Å². The first-order valence-electron chi connectivity index (χ1n) is 6.57. The molecule has 2 N–H and O–H groups in total. The van der Waals surface area contributed by atoms with Crippen molar-refractivity contribution in [3.05, 3.63) is 28.8 Å². The molecule has 0 bridgehead atoms. The van der Waals surface area contributed by atoms with Crippen LogP contribution in [-0.2, 0) is 12.8 Å². The molecule has 0 spiro atoms. The predicted molar refractivity (Wildman–Crippen MR) is 72.8 cm³/mol. The number of unbranched alkanes of at least 4 members (excludes halogenated alkanes) is 2. The van der Waals surface area contributed by atoms with Gasteiger partial charge in [-0.1, -0.05) is 38.8 Å². The molecule has 0 unspecified atom stereocenters. The average Bonchev–Trinajstić information content (AvgIpc) is 2.28. The Hall–Kier alpha value is -0.980. The normalized spacial score (nSPS) is 10.7. The Kier molecular flexibility index (Phi) is 5.37. The number of aryl methyl sites for hydroxylation is 2. The molecule has 0 radical (unpaired) electrons. The van der Waals surface area contributed by atoms with E-state index in [1.807, 2.05) is 0 Å². The fraction of sp³-hybridized carbons (Fsp3) is 0.600. The molecule has 1 heteroatoms. The monoisotopic (exact) mass is 219 g/mol. The number of nitrogen functional groups attached to an aromatic ring is 1. The van der Waals surface area contributed by atoms with Crippen LogP contribution in [0.4, 0.5) is 5.69 Å². The fourth-order valence-electron chi connectivity index (χ4n) is 2.09. The second-order valence-electron chi connectivity index (χ2n) is 4.64. The van der Waals surface area contributed by atoms with Crippen LogP contribution in [0.1, 0.15) is 56.2 Å². The lowest BCUT2D eigenvalue weighted by molar-refractivity contribution is 0.780. The van der Waals surface area contributed by atoms with E-state index < -0.39 is 0 Å². The minimum Gasteiger partial charge on any atom is -0.398 e. The van der Waals surface area contributed by atoms with E-state index in [0.29, 0.717) is 0 Å². The Morgan fingerprint density at radius 3 is 2.25 bits per heavy atom. The van der Waals surface area contributed by atoms with Gasteiger partial charge < -0.3 is 5.73 Å². The first kappa shape index (κ1) is 13.1. The third-order valence-electron chi connectivity index (χ3n) is 3.26. The molecular weight excluding hydrogens is 194 g/mol. The van der Waals surface area contributed by atoms with Gasteiger partial charge in [-0.2, -0.15) is 0 Å². The zero-order valence-electron chi connectivity index (χ0n) is 11.0. The maximum absolute atomic E-state index is 6.27. The number of hydrogen-bond acceptors (Lipinski definition) is 1. The standard InChI is InChI=1S/C15H25N/c1-4-6-8-13-11-10-12(3)14(15(13)16)9-7-5-2/h10-11H,4-9,16H2,1-3H3. The lowest BCUT2D eigenvalue weighted by Gasteiger charge is -2.13. The number of nitrogens with two attached hydrogens (primary N) is 1. The van der Waals surface area contributed by atoms with Crippen molar-refractivity contribution in [1.29, 1.82) is 0 Å². The fourth-order valence-corrected chi connectivity index (χ4v) is 2.09. The molecule has 90 valence electrons. The van der Waals surface area contributed by atoms with Crippen LogP contribution in [0, 0.1) is 6.92 Å². The Bertz CT molecular complexity index is 328. The van der Waals surface area contributed by atoms with Gasteiger partial charge in [0.05, 0.1) is 0 Å². The zero-order valence-corrected chi connectivity index (χ0v) is 11.0. The van der Waals surface area contributed by atoms with Gasteiger partial charge in [0.15, 0.2) is 0 Å². The van der Waals surface area contributed by atoms with E-state index in [2.05, 4.69) is 32.9 Å². The lowest BCUT2D eigenvalue weighted by atomic mass is 9.95. The number of anilines is 1. The molecule has 0 aromatic heterocycles. The first-order chi connectivity index (χ1) is 7.70. The molecule has 0 saturated carbocycles. The highest BCUT2D eigenvalue weighted by Gasteiger charge is 2.07.